The van der Waals surface area contributed by atoms with Crippen LogP contribution in [0.1, 0.15) is 0 Å². The minimum Gasteiger partial charge on any atom is -0.384 e. The number of nitrogens with zero attached hydrogens (tertiary/aromatic N) is 1. The van der Waals surface area contributed by atoms with Gasteiger partial charge in [0.05, 0.1) is 12.7 Å². The highest BCUT2D eigenvalue weighted by Gasteiger charge is 2.30. The van der Waals surface area contributed by atoms with Gasteiger partial charge in [-0.25, -0.2) is 0 Å². The van der Waals surface area contributed by atoms with Gasteiger partial charge >= 0.3 is 0 Å². The van der Waals surface area contributed by atoms with E-state index in [-0.39, 0.29) is 0 Å². The lowest BCUT2D eigenvalue weighted by molar-refractivity contribution is 0.0432. The smallest absolute Gasteiger partial charge is 0.0760 e. The Kier molecular flexibility index (Phi) is 3.30. The SMILES string of the molecule is COC[C@H]1CN(C)C[C@@H]1OC. The van der Waals surface area contributed by atoms with Crippen LogP contribution in [0.15, 0.2) is 0 Å². The van der Waals surface area contributed by atoms with E-state index in [0.717, 1.165) is 19.7 Å². The molecule has 1 heterocycles. The van der Waals surface area contributed by atoms with Crippen molar-refractivity contribution in [2.75, 3.05) is 41.0 Å². The van der Waals surface area contributed by atoms with E-state index in [2.05, 4.69) is 11.9 Å². The van der Waals surface area contributed by atoms with Gasteiger partial charge in [-0.3, -0.25) is 0 Å². The van der Waals surface area contributed by atoms with E-state index < -0.39 is 0 Å². The maximum absolute atomic E-state index is 5.33. The number of ether oxygens (including phenoxy) is 2. The van der Waals surface area contributed by atoms with Crippen molar-refractivity contribution in [1.82, 2.24) is 4.90 Å². The molecular formula is C8H17NO2. The van der Waals surface area contributed by atoms with Gasteiger partial charge in [-0.2, -0.15) is 0 Å². The van der Waals surface area contributed by atoms with Crippen molar-refractivity contribution in [2.24, 2.45) is 5.92 Å². The molecule has 0 aromatic rings. The van der Waals surface area contributed by atoms with E-state index >= 15 is 0 Å². The fourth-order valence-corrected chi connectivity index (χ4v) is 1.69. The molecule has 0 saturated carbocycles. The van der Waals surface area contributed by atoms with Gasteiger partial charge in [0.1, 0.15) is 0 Å². The summed E-state index contributed by atoms with van der Waals surface area (Å²) in [6.45, 7) is 2.93. The van der Waals surface area contributed by atoms with E-state index in [1.54, 1.807) is 14.2 Å². The van der Waals surface area contributed by atoms with Crippen LogP contribution in [0, 0.1) is 5.92 Å². The summed E-state index contributed by atoms with van der Waals surface area (Å²) in [5.74, 6) is 0.551. The van der Waals surface area contributed by atoms with Crippen molar-refractivity contribution < 1.29 is 9.47 Å². The van der Waals surface area contributed by atoms with Crippen molar-refractivity contribution in [1.29, 1.82) is 0 Å². The zero-order chi connectivity index (χ0) is 8.27. The average Bonchev–Trinajstić information content (AvgIpc) is 2.32. The lowest BCUT2D eigenvalue weighted by atomic mass is 10.1. The lowest BCUT2D eigenvalue weighted by Gasteiger charge is -2.14. The Morgan fingerprint density at radius 1 is 1.36 bits per heavy atom. The van der Waals surface area contributed by atoms with Gasteiger partial charge in [0.2, 0.25) is 0 Å². The van der Waals surface area contributed by atoms with Crippen LogP contribution in [0.5, 0.6) is 0 Å². The first-order valence-corrected chi connectivity index (χ1v) is 3.98. The number of rotatable bonds is 3. The van der Waals surface area contributed by atoms with E-state index in [0.29, 0.717) is 12.0 Å². The molecule has 66 valence electrons. The van der Waals surface area contributed by atoms with Crippen LogP contribution in [0.3, 0.4) is 0 Å². The Labute approximate surface area is 68.3 Å². The molecule has 1 rings (SSSR count). The molecule has 1 fully saturated rings. The van der Waals surface area contributed by atoms with E-state index in [1.807, 2.05) is 0 Å². The van der Waals surface area contributed by atoms with Gasteiger partial charge in [0.15, 0.2) is 0 Å². The fourth-order valence-electron chi connectivity index (χ4n) is 1.69. The number of hydrogen-bond donors (Lipinski definition) is 0. The number of hydrogen-bond acceptors (Lipinski definition) is 3. The summed E-state index contributed by atoms with van der Waals surface area (Å²) in [6.07, 6.45) is 0.361. The largest absolute Gasteiger partial charge is 0.384 e. The Morgan fingerprint density at radius 3 is 2.64 bits per heavy atom. The van der Waals surface area contributed by atoms with Gasteiger partial charge in [-0.05, 0) is 7.05 Å². The quantitative estimate of drug-likeness (QED) is 0.587. The molecule has 1 aliphatic heterocycles. The van der Waals surface area contributed by atoms with E-state index in [9.17, 15) is 0 Å². The minimum absolute atomic E-state index is 0.361. The highest BCUT2D eigenvalue weighted by atomic mass is 16.5. The topological polar surface area (TPSA) is 21.7 Å². The molecule has 0 aromatic heterocycles. The molecule has 0 N–H and O–H groups in total. The highest BCUT2D eigenvalue weighted by molar-refractivity contribution is 4.82. The Bertz CT molecular complexity index is 119. The monoisotopic (exact) mass is 159 g/mol. The van der Waals surface area contributed by atoms with Crippen molar-refractivity contribution in [3.8, 4) is 0 Å². The van der Waals surface area contributed by atoms with Gasteiger partial charge in [0.25, 0.3) is 0 Å². The minimum atomic E-state index is 0.361. The van der Waals surface area contributed by atoms with Crippen LogP contribution < -0.4 is 0 Å². The number of likely N-dealkylation sites (N-methyl/N-ethyl adjacent to an activating group) is 1. The average molecular weight is 159 g/mol. The van der Waals surface area contributed by atoms with E-state index in [4.69, 9.17) is 9.47 Å². The molecule has 3 heteroatoms. The molecule has 0 spiro atoms. The van der Waals surface area contributed by atoms with E-state index in [1.165, 1.54) is 0 Å². The van der Waals surface area contributed by atoms with Crippen LogP contribution in [0.4, 0.5) is 0 Å². The molecule has 11 heavy (non-hydrogen) atoms. The Balaban J connectivity index is 2.37. The highest BCUT2D eigenvalue weighted by Crippen LogP contribution is 2.17. The summed E-state index contributed by atoms with van der Waals surface area (Å²) in [5, 5.41) is 0. The van der Waals surface area contributed by atoms with Crippen molar-refractivity contribution in [3.05, 3.63) is 0 Å². The summed E-state index contributed by atoms with van der Waals surface area (Å²) >= 11 is 0. The first-order valence-electron chi connectivity index (χ1n) is 3.98. The zero-order valence-corrected chi connectivity index (χ0v) is 7.54. The second-order valence-electron chi connectivity index (χ2n) is 3.21. The molecule has 0 aromatic carbocycles. The molecule has 0 amide bonds. The van der Waals surface area contributed by atoms with Gasteiger partial charge in [-0.15, -0.1) is 0 Å². The lowest BCUT2D eigenvalue weighted by Crippen LogP contribution is -2.24. The number of methoxy groups -OCH3 is 2. The summed E-state index contributed by atoms with van der Waals surface area (Å²) in [6, 6.07) is 0. The van der Waals surface area contributed by atoms with Crippen LogP contribution in [-0.4, -0.2) is 52.0 Å². The molecule has 0 aliphatic carbocycles. The number of likely N-dealkylation sites (tertiary alicyclic amines) is 1. The molecule has 1 saturated heterocycles. The maximum Gasteiger partial charge on any atom is 0.0760 e. The molecule has 2 atom stereocenters. The fraction of sp³-hybridized carbons (Fsp3) is 1.00. The van der Waals surface area contributed by atoms with Crippen molar-refractivity contribution in [3.63, 3.8) is 0 Å². The third-order valence-electron chi connectivity index (χ3n) is 2.25. The maximum atomic E-state index is 5.33. The van der Waals surface area contributed by atoms with Gasteiger partial charge in [0, 0.05) is 33.2 Å². The predicted octanol–water partition coefficient (Wildman–Crippen LogP) is 0.209. The molecule has 1 aliphatic rings. The first kappa shape index (κ1) is 8.97. The summed E-state index contributed by atoms with van der Waals surface area (Å²) in [7, 11) is 5.62. The Hall–Kier alpha value is -0.120. The molecular weight excluding hydrogens is 142 g/mol. The van der Waals surface area contributed by atoms with Crippen LogP contribution in [0.2, 0.25) is 0 Å². The Morgan fingerprint density at radius 2 is 2.09 bits per heavy atom. The summed E-state index contributed by atoms with van der Waals surface area (Å²) < 4.78 is 10.4. The zero-order valence-electron chi connectivity index (χ0n) is 7.54. The summed E-state index contributed by atoms with van der Waals surface area (Å²) in [5.41, 5.74) is 0. The van der Waals surface area contributed by atoms with Gasteiger partial charge in [-0.1, -0.05) is 0 Å². The van der Waals surface area contributed by atoms with Crippen LogP contribution >= 0.6 is 0 Å². The van der Waals surface area contributed by atoms with Crippen LogP contribution in [0.25, 0.3) is 0 Å². The normalized spacial score (nSPS) is 33.0. The third kappa shape index (κ3) is 2.15. The predicted molar refractivity (Wildman–Crippen MR) is 43.7 cm³/mol. The first-order chi connectivity index (χ1) is 5.27. The standard InChI is InChI=1S/C8H17NO2/c1-9-4-7(6-10-2)8(5-9)11-3/h7-8H,4-6H2,1-3H3/t7-,8+/m1/s1. The van der Waals surface area contributed by atoms with Crippen molar-refractivity contribution in [2.45, 2.75) is 6.10 Å². The summed E-state index contributed by atoms with van der Waals surface area (Å²) in [4.78, 5) is 2.28. The molecule has 3 nitrogen and oxygen atoms in total. The van der Waals surface area contributed by atoms with Crippen molar-refractivity contribution >= 4 is 0 Å². The second-order valence-corrected chi connectivity index (χ2v) is 3.21. The molecule has 0 radical (unpaired) electrons. The second kappa shape index (κ2) is 4.04. The van der Waals surface area contributed by atoms with Gasteiger partial charge < -0.3 is 14.4 Å². The molecule has 0 unspecified atom stereocenters. The van der Waals surface area contributed by atoms with Crippen LogP contribution in [-0.2, 0) is 9.47 Å². The third-order valence-corrected chi connectivity index (χ3v) is 2.25. The molecule has 0 bridgehead atoms.